The number of nitrogens with one attached hydrogen (secondary N) is 1. The van der Waals surface area contributed by atoms with E-state index in [1.54, 1.807) is 39.6 Å². The fraction of sp³-hybridized carbons (Fsp3) is 0.217. The highest BCUT2D eigenvalue weighted by atomic mass is 35.5. The monoisotopic (exact) mass is 446 g/mol. The number of hydrogen-bond donors (Lipinski definition) is 1. The number of benzene rings is 2. The van der Waals surface area contributed by atoms with Crippen LogP contribution in [0.25, 0.3) is 38.9 Å². The summed E-state index contributed by atoms with van der Waals surface area (Å²) in [5.74, 6) is 0.459. The van der Waals surface area contributed by atoms with Crippen molar-refractivity contribution in [3.63, 3.8) is 0 Å². The Balaban J connectivity index is 1.66. The first-order valence-corrected chi connectivity index (χ1v) is 10.8. The summed E-state index contributed by atoms with van der Waals surface area (Å²) in [7, 11) is 1.85. The number of aromatic amines is 1. The molecule has 1 fully saturated rings. The second-order valence-corrected chi connectivity index (χ2v) is 8.76. The van der Waals surface area contributed by atoms with Crippen molar-refractivity contribution in [2.75, 3.05) is 0 Å². The minimum absolute atomic E-state index is 0.255. The number of nitrogens with zero attached hydrogens (tertiary/aromatic N) is 5. The second-order valence-electron chi connectivity index (χ2n) is 8.33. The molecule has 3 aromatic heterocycles. The molecule has 1 saturated carbocycles. The van der Waals surface area contributed by atoms with E-state index in [1.165, 1.54) is 4.68 Å². The minimum Gasteiger partial charge on any atom is -0.289 e. The van der Waals surface area contributed by atoms with Crippen LogP contribution < -0.4 is 11.2 Å². The summed E-state index contributed by atoms with van der Waals surface area (Å²) >= 11 is 6.09. The summed E-state index contributed by atoms with van der Waals surface area (Å²) in [6.07, 6.45) is 4.06. The molecule has 9 heteroatoms. The van der Waals surface area contributed by atoms with Crippen LogP contribution >= 0.6 is 11.6 Å². The Morgan fingerprint density at radius 3 is 2.62 bits per heavy atom. The Morgan fingerprint density at radius 2 is 1.88 bits per heavy atom. The largest absolute Gasteiger partial charge is 0.327 e. The summed E-state index contributed by atoms with van der Waals surface area (Å²) in [5, 5.41) is 10.4. The molecule has 2 aromatic carbocycles. The first kappa shape index (κ1) is 19.1. The van der Waals surface area contributed by atoms with E-state index in [9.17, 15) is 9.59 Å². The maximum atomic E-state index is 13.8. The van der Waals surface area contributed by atoms with Gasteiger partial charge in [0.1, 0.15) is 5.52 Å². The van der Waals surface area contributed by atoms with Crippen LogP contribution in [0.5, 0.6) is 0 Å². The molecule has 0 spiro atoms. The van der Waals surface area contributed by atoms with Crippen molar-refractivity contribution in [1.29, 1.82) is 0 Å². The number of halogens is 1. The highest BCUT2D eigenvalue weighted by Crippen LogP contribution is 2.32. The molecule has 6 rings (SSSR count). The van der Waals surface area contributed by atoms with Crippen LogP contribution in [0.15, 0.2) is 58.3 Å². The molecule has 0 atom stereocenters. The molecule has 0 radical (unpaired) electrons. The molecule has 1 aliphatic rings. The van der Waals surface area contributed by atoms with Gasteiger partial charge in [-0.15, -0.1) is 5.10 Å². The van der Waals surface area contributed by atoms with Crippen molar-refractivity contribution in [3.8, 4) is 16.8 Å². The lowest BCUT2D eigenvalue weighted by atomic mass is 10.1. The van der Waals surface area contributed by atoms with E-state index in [2.05, 4.69) is 15.2 Å². The molecule has 8 nitrogen and oxygen atoms in total. The van der Waals surface area contributed by atoms with Gasteiger partial charge in [0.15, 0.2) is 5.65 Å². The van der Waals surface area contributed by atoms with Crippen LogP contribution in [0, 0.1) is 5.92 Å². The Hall–Kier alpha value is -3.65. The van der Waals surface area contributed by atoms with E-state index in [1.807, 2.05) is 25.4 Å². The van der Waals surface area contributed by atoms with Crippen molar-refractivity contribution >= 4 is 33.7 Å². The third-order valence-corrected chi connectivity index (χ3v) is 6.18. The first-order chi connectivity index (χ1) is 15.5. The van der Waals surface area contributed by atoms with Crippen LogP contribution in [-0.2, 0) is 13.6 Å². The van der Waals surface area contributed by atoms with Gasteiger partial charge in [0.05, 0.1) is 16.8 Å². The van der Waals surface area contributed by atoms with Crippen molar-refractivity contribution < 1.29 is 0 Å². The lowest BCUT2D eigenvalue weighted by molar-refractivity contribution is 0.624. The molecule has 32 heavy (non-hydrogen) atoms. The quantitative estimate of drug-likeness (QED) is 0.457. The third-order valence-electron chi connectivity index (χ3n) is 5.93. The predicted octanol–water partition coefficient (Wildman–Crippen LogP) is 3.49. The molecule has 0 unspecified atom stereocenters. The number of imidazole rings is 1. The van der Waals surface area contributed by atoms with Crippen LogP contribution in [-0.4, -0.2) is 29.1 Å². The summed E-state index contributed by atoms with van der Waals surface area (Å²) in [6.45, 7) is 0.576. The van der Waals surface area contributed by atoms with Crippen LogP contribution in [0.1, 0.15) is 12.8 Å². The van der Waals surface area contributed by atoms with Gasteiger partial charge in [-0.1, -0.05) is 23.7 Å². The van der Waals surface area contributed by atoms with Gasteiger partial charge in [0.2, 0.25) is 0 Å². The molecule has 3 heterocycles. The Bertz CT molecular complexity index is 1620. The Kier molecular flexibility index (Phi) is 4.13. The lowest BCUT2D eigenvalue weighted by Crippen LogP contribution is -2.24. The number of H-pyrrole nitrogens is 1. The summed E-state index contributed by atoms with van der Waals surface area (Å²) in [5.41, 5.74) is 2.90. The van der Waals surface area contributed by atoms with Gasteiger partial charge in [-0.05, 0) is 54.7 Å². The van der Waals surface area contributed by atoms with E-state index in [4.69, 9.17) is 11.6 Å². The van der Waals surface area contributed by atoms with E-state index < -0.39 is 0 Å². The third kappa shape index (κ3) is 3.06. The van der Waals surface area contributed by atoms with Gasteiger partial charge in [-0.2, -0.15) is 9.78 Å². The summed E-state index contributed by atoms with van der Waals surface area (Å²) < 4.78 is 4.72. The molecule has 1 N–H and O–H groups in total. The molecular formula is C23H19ClN6O2. The molecule has 0 saturated heterocycles. The number of hydrogen-bond acceptors (Lipinski definition) is 4. The number of aromatic nitrogens is 6. The molecule has 1 aliphatic carbocycles. The molecule has 5 aromatic rings. The standard InChI is InChI=1S/C23H19ClN6O2/c1-28-12-15-10-17(8-9-18(15)26-28)30-22(31)19(14-4-6-16(24)7-5-14)20-21(27-30)25-23(32)29(20)11-13-2-3-13/h4-10,12-13H,2-3,11H2,1H3,(H,25,27,32). The van der Waals surface area contributed by atoms with Gasteiger partial charge < -0.3 is 0 Å². The maximum Gasteiger partial charge on any atom is 0.327 e. The lowest BCUT2D eigenvalue weighted by Gasteiger charge is -2.11. The molecule has 0 amide bonds. The molecule has 160 valence electrons. The van der Waals surface area contributed by atoms with Crippen LogP contribution in [0.3, 0.4) is 0 Å². The first-order valence-electron chi connectivity index (χ1n) is 10.4. The van der Waals surface area contributed by atoms with Crippen molar-refractivity contribution in [2.24, 2.45) is 13.0 Å². The SMILES string of the molecule is Cn1cc2cc(-n3nc4[nH]c(=O)n(CC5CC5)c4c(-c4ccc(Cl)cc4)c3=O)ccc2n1. The zero-order valence-electron chi connectivity index (χ0n) is 17.2. The van der Waals surface area contributed by atoms with E-state index in [0.29, 0.717) is 45.5 Å². The van der Waals surface area contributed by atoms with Crippen molar-refractivity contribution in [1.82, 2.24) is 29.1 Å². The van der Waals surface area contributed by atoms with Crippen LogP contribution in [0.2, 0.25) is 5.02 Å². The van der Waals surface area contributed by atoms with E-state index in [-0.39, 0.29) is 11.2 Å². The average molecular weight is 447 g/mol. The van der Waals surface area contributed by atoms with Gasteiger partial charge >= 0.3 is 5.69 Å². The van der Waals surface area contributed by atoms with Crippen molar-refractivity contribution in [2.45, 2.75) is 19.4 Å². The van der Waals surface area contributed by atoms with Gasteiger partial charge in [0, 0.05) is 30.2 Å². The fourth-order valence-electron chi connectivity index (χ4n) is 4.19. The van der Waals surface area contributed by atoms with Crippen molar-refractivity contribution in [3.05, 3.63) is 74.5 Å². The van der Waals surface area contributed by atoms with Crippen LogP contribution in [0.4, 0.5) is 0 Å². The summed E-state index contributed by atoms with van der Waals surface area (Å²) in [6, 6.07) is 12.6. The van der Waals surface area contributed by atoms with Gasteiger partial charge in [-0.3, -0.25) is 19.0 Å². The molecule has 0 bridgehead atoms. The molecule has 0 aliphatic heterocycles. The number of rotatable bonds is 4. The highest BCUT2D eigenvalue weighted by molar-refractivity contribution is 6.30. The zero-order chi connectivity index (χ0) is 22.0. The maximum absolute atomic E-state index is 13.8. The van der Waals surface area contributed by atoms with Gasteiger partial charge in [0.25, 0.3) is 5.56 Å². The Labute approximate surface area is 186 Å². The second kappa shape index (κ2) is 6.93. The minimum atomic E-state index is -0.299. The van der Waals surface area contributed by atoms with E-state index in [0.717, 1.165) is 23.7 Å². The zero-order valence-corrected chi connectivity index (χ0v) is 18.0. The topological polar surface area (TPSA) is 90.5 Å². The predicted molar refractivity (Wildman–Crippen MR) is 123 cm³/mol. The Morgan fingerprint density at radius 1 is 1.09 bits per heavy atom. The normalized spacial score (nSPS) is 13.9. The number of aryl methyl sites for hydroxylation is 1. The van der Waals surface area contributed by atoms with E-state index >= 15 is 0 Å². The van der Waals surface area contributed by atoms with Gasteiger partial charge in [-0.25, -0.2) is 4.79 Å². The average Bonchev–Trinajstić information content (AvgIpc) is 3.43. The highest BCUT2D eigenvalue weighted by Gasteiger charge is 2.26. The molecular weight excluding hydrogens is 428 g/mol. The number of fused-ring (bicyclic) bond motifs is 2. The smallest absolute Gasteiger partial charge is 0.289 e. The fourth-order valence-corrected chi connectivity index (χ4v) is 4.31. The summed E-state index contributed by atoms with van der Waals surface area (Å²) in [4.78, 5) is 29.4.